The van der Waals surface area contributed by atoms with E-state index in [-0.39, 0.29) is 5.69 Å². The van der Waals surface area contributed by atoms with Crippen LogP contribution in [0.3, 0.4) is 0 Å². The van der Waals surface area contributed by atoms with E-state index in [1.165, 1.54) is 24.8 Å². The average molecular weight is 293 g/mol. The topological polar surface area (TPSA) is 32.9 Å². The van der Waals surface area contributed by atoms with Gasteiger partial charge in [0, 0.05) is 11.8 Å². The Morgan fingerprint density at radius 2 is 1.71 bits per heavy atom. The van der Waals surface area contributed by atoms with E-state index < -0.39 is 17.3 Å². The average Bonchev–Trinajstić information content (AvgIpc) is 2.36. The van der Waals surface area contributed by atoms with Crippen molar-refractivity contribution in [2.24, 2.45) is 0 Å². The van der Waals surface area contributed by atoms with Crippen LogP contribution < -0.4 is 5.56 Å². The number of alkyl halides is 3. The van der Waals surface area contributed by atoms with Crippen LogP contribution in [0.5, 0.6) is 0 Å². The first-order valence-corrected chi connectivity index (χ1v) is 6.85. The van der Waals surface area contributed by atoms with Gasteiger partial charge in [0.1, 0.15) is 0 Å². The van der Waals surface area contributed by atoms with Crippen molar-refractivity contribution >= 4 is 0 Å². The molecular weight excluding hydrogens is 279 g/mol. The molecule has 1 saturated carbocycles. The van der Waals surface area contributed by atoms with Crippen molar-refractivity contribution < 1.29 is 13.2 Å². The van der Waals surface area contributed by atoms with Gasteiger partial charge in [0.2, 0.25) is 5.56 Å². The van der Waals surface area contributed by atoms with Gasteiger partial charge < -0.3 is 4.98 Å². The monoisotopic (exact) mass is 293 g/mol. The van der Waals surface area contributed by atoms with E-state index in [2.05, 4.69) is 4.98 Å². The number of aromatic amines is 1. The van der Waals surface area contributed by atoms with E-state index in [1.54, 1.807) is 12.1 Å². The smallest absolute Gasteiger partial charge is 0.322 e. The van der Waals surface area contributed by atoms with Crippen LogP contribution in [-0.2, 0) is 6.18 Å². The number of aromatic nitrogens is 1. The van der Waals surface area contributed by atoms with Crippen molar-refractivity contribution in [2.45, 2.75) is 31.4 Å². The summed E-state index contributed by atoms with van der Waals surface area (Å²) in [5, 5.41) is 0. The minimum absolute atomic E-state index is 0.190. The Balaban J connectivity index is 1.96. The molecule has 21 heavy (non-hydrogen) atoms. The lowest BCUT2D eigenvalue weighted by Gasteiger charge is -2.25. The number of halogens is 3. The molecule has 5 heteroatoms. The van der Waals surface area contributed by atoms with Gasteiger partial charge in [-0.15, -0.1) is 0 Å². The highest BCUT2D eigenvalue weighted by atomic mass is 19.4. The first-order chi connectivity index (χ1) is 9.93. The summed E-state index contributed by atoms with van der Waals surface area (Å²) < 4.78 is 38.2. The molecule has 110 valence electrons. The fourth-order valence-electron chi connectivity index (χ4n) is 2.54. The molecule has 1 N–H and O–H groups in total. The summed E-state index contributed by atoms with van der Waals surface area (Å²) in [6.07, 6.45) is -0.957. The maximum atomic E-state index is 12.7. The van der Waals surface area contributed by atoms with Gasteiger partial charge in [-0.25, -0.2) is 0 Å². The number of hydrogen-bond donors (Lipinski definition) is 1. The van der Waals surface area contributed by atoms with Gasteiger partial charge in [-0.05, 0) is 36.0 Å². The normalized spacial score (nSPS) is 15.8. The van der Waals surface area contributed by atoms with Crippen LogP contribution in [0.1, 0.15) is 36.3 Å². The summed E-state index contributed by atoms with van der Waals surface area (Å²) in [5.74, 6) is 0.569. The fraction of sp³-hybridized carbons (Fsp3) is 0.312. The van der Waals surface area contributed by atoms with Crippen molar-refractivity contribution in [1.82, 2.24) is 4.98 Å². The summed E-state index contributed by atoms with van der Waals surface area (Å²) in [7, 11) is 0. The van der Waals surface area contributed by atoms with E-state index >= 15 is 0 Å². The SMILES string of the molecule is O=c1cc(C(F)(F)F)cc(-c2ccc(C3CCC3)cc2)[nH]1. The molecule has 2 nitrogen and oxygen atoms in total. The molecule has 1 fully saturated rings. The molecule has 1 aromatic heterocycles. The van der Waals surface area contributed by atoms with Crippen LogP contribution in [0, 0.1) is 0 Å². The molecular formula is C16H14F3NO. The molecule has 0 aliphatic heterocycles. The Morgan fingerprint density at radius 3 is 2.24 bits per heavy atom. The van der Waals surface area contributed by atoms with E-state index in [4.69, 9.17) is 0 Å². The van der Waals surface area contributed by atoms with Crippen molar-refractivity contribution in [3.05, 3.63) is 57.9 Å². The third kappa shape index (κ3) is 2.86. The highest BCUT2D eigenvalue weighted by Gasteiger charge is 2.31. The van der Waals surface area contributed by atoms with Crippen molar-refractivity contribution in [2.75, 3.05) is 0 Å². The Hall–Kier alpha value is -2.04. The van der Waals surface area contributed by atoms with Crippen molar-refractivity contribution in [3.8, 4) is 11.3 Å². The van der Waals surface area contributed by atoms with Gasteiger partial charge in [-0.1, -0.05) is 30.7 Å². The van der Waals surface area contributed by atoms with E-state index in [0.717, 1.165) is 6.07 Å². The van der Waals surface area contributed by atoms with Gasteiger partial charge in [0.15, 0.2) is 0 Å². The predicted molar refractivity (Wildman–Crippen MR) is 74.1 cm³/mol. The molecule has 0 unspecified atom stereocenters. The standard InChI is InChI=1S/C16H14F3NO/c17-16(18,19)13-8-14(20-15(21)9-13)12-6-4-11(5-7-12)10-2-1-3-10/h4-10H,1-3H2,(H,20,21). The third-order valence-corrected chi connectivity index (χ3v) is 3.97. The zero-order valence-electron chi connectivity index (χ0n) is 11.2. The largest absolute Gasteiger partial charge is 0.416 e. The maximum Gasteiger partial charge on any atom is 0.416 e. The highest BCUT2D eigenvalue weighted by Crippen LogP contribution is 2.37. The molecule has 0 spiro atoms. The van der Waals surface area contributed by atoms with Crippen molar-refractivity contribution in [1.29, 1.82) is 0 Å². The fourth-order valence-corrected chi connectivity index (χ4v) is 2.54. The Labute approximate surface area is 119 Å². The Morgan fingerprint density at radius 1 is 1.05 bits per heavy atom. The zero-order chi connectivity index (χ0) is 15.0. The zero-order valence-corrected chi connectivity index (χ0v) is 11.2. The second-order valence-corrected chi connectivity index (χ2v) is 5.39. The number of rotatable bonds is 2. The maximum absolute atomic E-state index is 12.7. The van der Waals surface area contributed by atoms with E-state index in [9.17, 15) is 18.0 Å². The predicted octanol–water partition coefficient (Wildman–Crippen LogP) is 4.33. The van der Waals surface area contributed by atoms with Crippen LogP contribution >= 0.6 is 0 Å². The van der Waals surface area contributed by atoms with Crippen LogP contribution in [-0.4, -0.2) is 4.98 Å². The molecule has 1 aliphatic rings. The number of benzene rings is 1. The summed E-state index contributed by atoms with van der Waals surface area (Å²) in [4.78, 5) is 13.9. The molecule has 0 amide bonds. The lowest BCUT2D eigenvalue weighted by molar-refractivity contribution is -0.137. The molecule has 2 aromatic rings. The van der Waals surface area contributed by atoms with E-state index in [0.29, 0.717) is 17.5 Å². The number of pyridine rings is 1. The lowest BCUT2D eigenvalue weighted by atomic mass is 9.80. The molecule has 3 rings (SSSR count). The Bertz CT molecular complexity index is 697. The minimum Gasteiger partial charge on any atom is -0.322 e. The summed E-state index contributed by atoms with van der Waals surface area (Å²) in [5.41, 5.74) is 0.308. The molecule has 1 heterocycles. The molecule has 1 aliphatic carbocycles. The lowest BCUT2D eigenvalue weighted by Crippen LogP contribution is -2.13. The van der Waals surface area contributed by atoms with Crippen LogP contribution in [0.2, 0.25) is 0 Å². The number of H-pyrrole nitrogens is 1. The van der Waals surface area contributed by atoms with Crippen molar-refractivity contribution in [3.63, 3.8) is 0 Å². The summed E-state index contributed by atoms with van der Waals surface area (Å²) in [6.45, 7) is 0. The molecule has 0 atom stereocenters. The van der Waals surface area contributed by atoms with Gasteiger partial charge in [0.05, 0.1) is 5.56 Å². The second-order valence-electron chi connectivity index (χ2n) is 5.39. The first-order valence-electron chi connectivity index (χ1n) is 6.85. The quantitative estimate of drug-likeness (QED) is 0.878. The second kappa shape index (κ2) is 5.06. The van der Waals surface area contributed by atoms with Gasteiger partial charge in [-0.2, -0.15) is 13.2 Å². The van der Waals surface area contributed by atoms with Crippen LogP contribution in [0.25, 0.3) is 11.3 Å². The summed E-state index contributed by atoms with van der Waals surface area (Å²) in [6, 6.07) is 8.93. The molecule has 1 aromatic carbocycles. The Kier molecular flexibility index (Phi) is 3.35. The van der Waals surface area contributed by atoms with Gasteiger partial charge in [-0.3, -0.25) is 4.79 Å². The minimum atomic E-state index is -4.52. The van der Waals surface area contributed by atoms with E-state index in [1.807, 2.05) is 12.1 Å². The van der Waals surface area contributed by atoms with Gasteiger partial charge in [0.25, 0.3) is 0 Å². The molecule has 0 saturated heterocycles. The summed E-state index contributed by atoms with van der Waals surface area (Å²) >= 11 is 0. The number of hydrogen-bond acceptors (Lipinski definition) is 1. The molecule has 0 bridgehead atoms. The van der Waals surface area contributed by atoms with Crippen LogP contribution in [0.15, 0.2) is 41.2 Å². The highest BCUT2D eigenvalue weighted by molar-refractivity contribution is 5.60. The number of nitrogens with one attached hydrogen (secondary N) is 1. The first kappa shape index (κ1) is 13.9. The van der Waals surface area contributed by atoms with Gasteiger partial charge >= 0.3 is 6.18 Å². The third-order valence-electron chi connectivity index (χ3n) is 3.97. The molecule has 0 radical (unpaired) electrons. The van der Waals surface area contributed by atoms with Crippen LogP contribution in [0.4, 0.5) is 13.2 Å².